The maximum absolute atomic E-state index is 11.8. The van der Waals surface area contributed by atoms with Gasteiger partial charge in [-0.25, -0.2) is 13.8 Å². The van der Waals surface area contributed by atoms with E-state index in [1.54, 1.807) is 0 Å². The van der Waals surface area contributed by atoms with Gasteiger partial charge in [-0.2, -0.15) is 0 Å². The largest absolute Gasteiger partial charge is 0.269 e. The summed E-state index contributed by atoms with van der Waals surface area (Å²) in [4.78, 5) is 0. The number of alkyl halides is 2. The summed E-state index contributed by atoms with van der Waals surface area (Å²) in [5, 5.41) is 1.44. The number of rotatable bonds is 1. The predicted octanol–water partition coefficient (Wildman–Crippen LogP) is 0.447. The molecule has 1 aliphatic rings. The van der Waals surface area contributed by atoms with Crippen LogP contribution in [0.3, 0.4) is 0 Å². The van der Waals surface area contributed by atoms with Gasteiger partial charge in [-0.1, -0.05) is 0 Å². The summed E-state index contributed by atoms with van der Waals surface area (Å²) in [6, 6.07) is 0. The van der Waals surface area contributed by atoms with E-state index in [1.807, 2.05) is 0 Å². The standard InChI is InChI=1S/C5H10F2N2/c6-5(7)4-1-2-9(8)3-4/h4-5H,1-3,8H2/t4-/m0/s1. The van der Waals surface area contributed by atoms with Crippen molar-refractivity contribution in [3.63, 3.8) is 0 Å². The van der Waals surface area contributed by atoms with Crippen molar-refractivity contribution in [3.05, 3.63) is 0 Å². The first-order valence-corrected chi connectivity index (χ1v) is 2.98. The van der Waals surface area contributed by atoms with Crippen LogP contribution in [0.4, 0.5) is 8.78 Å². The summed E-state index contributed by atoms with van der Waals surface area (Å²) in [6.45, 7) is 0.951. The van der Waals surface area contributed by atoms with E-state index in [4.69, 9.17) is 5.84 Å². The molecule has 1 saturated heterocycles. The molecule has 0 aromatic rings. The molecule has 2 N–H and O–H groups in total. The van der Waals surface area contributed by atoms with Crippen molar-refractivity contribution in [2.75, 3.05) is 13.1 Å². The van der Waals surface area contributed by atoms with Crippen LogP contribution in [0.5, 0.6) is 0 Å². The lowest BCUT2D eigenvalue weighted by Crippen LogP contribution is -2.29. The third kappa shape index (κ3) is 1.59. The summed E-state index contributed by atoms with van der Waals surface area (Å²) in [7, 11) is 0. The Morgan fingerprint density at radius 1 is 1.56 bits per heavy atom. The van der Waals surface area contributed by atoms with Gasteiger partial charge >= 0.3 is 0 Å². The van der Waals surface area contributed by atoms with Crippen LogP contribution in [0, 0.1) is 5.92 Å². The molecule has 9 heavy (non-hydrogen) atoms. The highest BCUT2D eigenvalue weighted by Gasteiger charge is 2.27. The Balaban J connectivity index is 2.30. The molecule has 0 amide bonds. The Kier molecular flexibility index (Phi) is 1.97. The van der Waals surface area contributed by atoms with Gasteiger partial charge in [0.25, 0.3) is 0 Å². The number of halogens is 2. The van der Waals surface area contributed by atoms with Crippen LogP contribution in [0.2, 0.25) is 0 Å². The molecule has 1 fully saturated rings. The van der Waals surface area contributed by atoms with Gasteiger partial charge in [0, 0.05) is 19.0 Å². The zero-order valence-corrected chi connectivity index (χ0v) is 5.06. The number of nitrogens with zero attached hydrogens (tertiary/aromatic N) is 1. The van der Waals surface area contributed by atoms with Crippen LogP contribution < -0.4 is 5.84 Å². The second kappa shape index (κ2) is 2.58. The molecule has 1 aliphatic heterocycles. The average molecular weight is 136 g/mol. The molecule has 0 saturated carbocycles. The van der Waals surface area contributed by atoms with E-state index < -0.39 is 12.3 Å². The van der Waals surface area contributed by atoms with Crippen molar-refractivity contribution in [1.29, 1.82) is 0 Å². The zero-order chi connectivity index (χ0) is 6.85. The fourth-order valence-corrected chi connectivity index (χ4v) is 1.02. The van der Waals surface area contributed by atoms with Crippen molar-refractivity contribution in [1.82, 2.24) is 5.01 Å². The minimum Gasteiger partial charge on any atom is -0.269 e. The Hall–Kier alpha value is -0.220. The highest BCUT2D eigenvalue weighted by Crippen LogP contribution is 2.19. The summed E-state index contributed by atoms with van der Waals surface area (Å²) < 4.78 is 23.7. The molecular weight excluding hydrogens is 126 g/mol. The minimum absolute atomic E-state index is 0.345. The van der Waals surface area contributed by atoms with Crippen molar-refractivity contribution < 1.29 is 8.78 Å². The number of nitrogens with two attached hydrogens (primary N) is 1. The minimum atomic E-state index is -2.20. The zero-order valence-electron chi connectivity index (χ0n) is 5.06. The van der Waals surface area contributed by atoms with Gasteiger partial charge in [0.2, 0.25) is 6.43 Å². The Morgan fingerprint density at radius 2 is 2.22 bits per heavy atom. The Labute approximate surface area is 52.6 Å². The molecule has 1 atom stereocenters. The molecule has 1 heterocycles. The summed E-state index contributed by atoms with van der Waals surface area (Å²) in [6.07, 6.45) is -1.66. The Bertz CT molecular complexity index is 97.0. The van der Waals surface area contributed by atoms with Gasteiger partial charge in [-0.3, -0.25) is 5.84 Å². The topological polar surface area (TPSA) is 29.3 Å². The van der Waals surface area contributed by atoms with Gasteiger partial charge in [-0.15, -0.1) is 0 Å². The third-order valence-corrected chi connectivity index (χ3v) is 1.61. The number of hydrogen-bond acceptors (Lipinski definition) is 2. The summed E-state index contributed by atoms with van der Waals surface area (Å²) in [5.74, 6) is 4.77. The van der Waals surface area contributed by atoms with E-state index in [2.05, 4.69) is 0 Å². The highest BCUT2D eigenvalue weighted by molar-refractivity contribution is 4.72. The van der Waals surface area contributed by atoms with Gasteiger partial charge < -0.3 is 0 Å². The highest BCUT2D eigenvalue weighted by atomic mass is 19.3. The van der Waals surface area contributed by atoms with Gasteiger partial charge in [0.1, 0.15) is 0 Å². The first-order valence-electron chi connectivity index (χ1n) is 2.98. The van der Waals surface area contributed by atoms with Crippen LogP contribution in [0.15, 0.2) is 0 Å². The van der Waals surface area contributed by atoms with E-state index in [0.29, 0.717) is 19.5 Å². The lowest BCUT2D eigenvalue weighted by atomic mass is 10.1. The Morgan fingerprint density at radius 3 is 2.44 bits per heavy atom. The van der Waals surface area contributed by atoms with Gasteiger partial charge in [0.05, 0.1) is 0 Å². The van der Waals surface area contributed by atoms with Crippen LogP contribution in [-0.4, -0.2) is 24.5 Å². The molecule has 0 bridgehead atoms. The summed E-state index contributed by atoms with van der Waals surface area (Å²) in [5.41, 5.74) is 0. The first kappa shape index (κ1) is 6.89. The van der Waals surface area contributed by atoms with Crippen LogP contribution in [0.1, 0.15) is 6.42 Å². The lowest BCUT2D eigenvalue weighted by Gasteiger charge is -2.07. The molecule has 0 radical (unpaired) electrons. The van der Waals surface area contributed by atoms with E-state index in [0.717, 1.165) is 0 Å². The fourth-order valence-electron chi connectivity index (χ4n) is 1.02. The molecule has 1 rings (SSSR count). The molecule has 0 unspecified atom stereocenters. The molecule has 54 valence electrons. The second-order valence-corrected chi connectivity index (χ2v) is 2.38. The SMILES string of the molecule is NN1CC[C@H](C(F)F)C1. The van der Waals surface area contributed by atoms with Gasteiger partial charge in [-0.05, 0) is 6.42 Å². The smallest absolute Gasteiger partial charge is 0.242 e. The fraction of sp³-hybridized carbons (Fsp3) is 1.00. The van der Waals surface area contributed by atoms with Crippen molar-refractivity contribution >= 4 is 0 Å². The monoisotopic (exact) mass is 136 g/mol. The molecule has 0 aliphatic carbocycles. The van der Waals surface area contributed by atoms with Crippen LogP contribution in [-0.2, 0) is 0 Å². The van der Waals surface area contributed by atoms with E-state index in [-0.39, 0.29) is 0 Å². The molecule has 0 aromatic heterocycles. The van der Waals surface area contributed by atoms with E-state index in [9.17, 15) is 8.78 Å². The lowest BCUT2D eigenvalue weighted by molar-refractivity contribution is 0.0808. The van der Waals surface area contributed by atoms with Crippen molar-refractivity contribution in [2.24, 2.45) is 11.8 Å². The predicted molar refractivity (Wildman–Crippen MR) is 29.9 cm³/mol. The molecule has 2 nitrogen and oxygen atoms in total. The van der Waals surface area contributed by atoms with Gasteiger partial charge in [0.15, 0.2) is 0 Å². The number of hydrogen-bond donors (Lipinski definition) is 1. The maximum Gasteiger partial charge on any atom is 0.242 e. The number of hydrazine groups is 1. The third-order valence-electron chi connectivity index (χ3n) is 1.61. The first-order chi connectivity index (χ1) is 4.20. The van der Waals surface area contributed by atoms with Crippen LogP contribution in [0.25, 0.3) is 0 Å². The molecule has 4 heteroatoms. The average Bonchev–Trinajstić information content (AvgIpc) is 2.14. The quantitative estimate of drug-likeness (QED) is 0.530. The molecular formula is C5H10F2N2. The van der Waals surface area contributed by atoms with Crippen molar-refractivity contribution in [3.8, 4) is 0 Å². The molecule has 0 spiro atoms. The second-order valence-electron chi connectivity index (χ2n) is 2.38. The molecule has 0 aromatic carbocycles. The van der Waals surface area contributed by atoms with E-state index in [1.165, 1.54) is 5.01 Å². The summed E-state index contributed by atoms with van der Waals surface area (Å²) >= 11 is 0. The normalized spacial score (nSPS) is 30.0. The van der Waals surface area contributed by atoms with Crippen LogP contribution >= 0.6 is 0 Å². The van der Waals surface area contributed by atoms with Crippen molar-refractivity contribution in [2.45, 2.75) is 12.8 Å². The maximum atomic E-state index is 11.8. The van der Waals surface area contributed by atoms with E-state index >= 15 is 0 Å².